The Bertz CT molecular complexity index is 1200. The Kier molecular flexibility index (Phi) is 4.23. The number of rotatable bonds is 4. The van der Waals surface area contributed by atoms with Gasteiger partial charge in [-0.1, -0.05) is 0 Å². The Labute approximate surface area is 148 Å². The number of fused-ring (bicyclic) bond motifs is 2. The summed E-state index contributed by atoms with van der Waals surface area (Å²) in [6.45, 7) is 3.05. The van der Waals surface area contributed by atoms with Crippen LogP contribution in [0, 0.1) is 0 Å². The molecule has 26 heavy (non-hydrogen) atoms. The first-order chi connectivity index (χ1) is 12.2. The van der Waals surface area contributed by atoms with Gasteiger partial charge >= 0.3 is 5.97 Å². The third kappa shape index (κ3) is 2.72. The highest BCUT2D eigenvalue weighted by Crippen LogP contribution is 2.31. The number of sulfone groups is 1. The minimum absolute atomic E-state index is 0.0126. The molecule has 0 saturated carbocycles. The molecular formula is C18H16O7S. The maximum absolute atomic E-state index is 12.9. The molecule has 1 aromatic heterocycles. The van der Waals surface area contributed by atoms with Crippen molar-refractivity contribution in [2.75, 3.05) is 7.11 Å². The van der Waals surface area contributed by atoms with Gasteiger partial charge in [-0.05, 0) is 38.1 Å². The summed E-state index contributed by atoms with van der Waals surface area (Å²) in [7, 11) is -2.39. The summed E-state index contributed by atoms with van der Waals surface area (Å²) in [5.41, 5.74) is -0.552. The Morgan fingerprint density at radius 1 is 1.15 bits per heavy atom. The summed E-state index contributed by atoms with van der Waals surface area (Å²) >= 11 is 0. The molecular weight excluding hydrogens is 360 g/mol. The van der Waals surface area contributed by atoms with Crippen LogP contribution in [-0.2, 0) is 9.84 Å². The van der Waals surface area contributed by atoms with Crippen LogP contribution in [0.2, 0.25) is 0 Å². The maximum atomic E-state index is 12.9. The van der Waals surface area contributed by atoms with Crippen LogP contribution in [0.1, 0.15) is 24.2 Å². The quantitative estimate of drug-likeness (QED) is 0.697. The number of carbonyl (C=O) groups is 1. The van der Waals surface area contributed by atoms with E-state index >= 15 is 0 Å². The van der Waals surface area contributed by atoms with Gasteiger partial charge in [0, 0.05) is 6.07 Å². The smallest absolute Gasteiger partial charge is 0.335 e. The molecule has 7 nitrogen and oxygen atoms in total. The van der Waals surface area contributed by atoms with Crippen LogP contribution in [0.4, 0.5) is 0 Å². The van der Waals surface area contributed by atoms with Crippen LogP contribution in [0.15, 0.2) is 44.4 Å². The lowest BCUT2D eigenvalue weighted by molar-refractivity contribution is 0.0697. The zero-order valence-corrected chi connectivity index (χ0v) is 15.1. The molecule has 0 unspecified atom stereocenters. The van der Waals surface area contributed by atoms with E-state index in [0.29, 0.717) is 0 Å². The van der Waals surface area contributed by atoms with Gasteiger partial charge in [-0.2, -0.15) is 0 Å². The fraction of sp³-hybridized carbons (Fsp3) is 0.222. The summed E-state index contributed by atoms with van der Waals surface area (Å²) in [6.07, 6.45) is 0. The zero-order valence-electron chi connectivity index (χ0n) is 14.3. The summed E-state index contributed by atoms with van der Waals surface area (Å²) in [6, 6.07) is 6.54. The largest absolute Gasteiger partial charge is 0.497 e. The Morgan fingerprint density at radius 3 is 2.42 bits per heavy atom. The summed E-state index contributed by atoms with van der Waals surface area (Å²) < 4.78 is 36.2. The lowest BCUT2D eigenvalue weighted by Crippen LogP contribution is -2.16. The van der Waals surface area contributed by atoms with E-state index in [2.05, 4.69) is 0 Å². The van der Waals surface area contributed by atoms with E-state index in [1.165, 1.54) is 51.3 Å². The molecule has 1 heterocycles. The molecule has 3 rings (SSSR count). The predicted octanol–water partition coefficient (Wildman–Crippen LogP) is 2.84. The average molecular weight is 376 g/mol. The van der Waals surface area contributed by atoms with E-state index in [1.807, 2.05) is 0 Å². The van der Waals surface area contributed by atoms with E-state index in [4.69, 9.17) is 14.3 Å². The highest BCUT2D eigenvalue weighted by Gasteiger charge is 2.26. The van der Waals surface area contributed by atoms with Gasteiger partial charge in [-0.3, -0.25) is 4.79 Å². The molecule has 0 aliphatic rings. The number of hydrogen-bond acceptors (Lipinski definition) is 6. The summed E-state index contributed by atoms with van der Waals surface area (Å²) in [5, 5.41) is 8.45. The SMILES string of the molecule is COc1cc(S(=O)(=O)C(C)C)c2oc3ccc(C(=O)O)cc3c(=O)c2c1. The number of carboxylic acids is 1. The Balaban J connectivity index is 2.52. The molecule has 1 N–H and O–H groups in total. The van der Waals surface area contributed by atoms with Gasteiger partial charge in [-0.25, -0.2) is 13.2 Å². The van der Waals surface area contributed by atoms with E-state index < -0.39 is 26.5 Å². The predicted molar refractivity (Wildman–Crippen MR) is 95.8 cm³/mol. The van der Waals surface area contributed by atoms with E-state index in [9.17, 15) is 18.0 Å². The molecule has 8 heteroatoms. The van der Waals surface area contributed by atoms with Crippen molar-refractivity contribution in [1.29, 1.82) is 0 Å². The maximum Gasteiger partial charge on any atom is 0.335 e. The number of benzene rings is 2. The van der Waals surface area contributed by atoms with E-state index in [-0.39, 0.29) is 38.1 Å². The second-order valence-corrected chi connectivity index (χ2v) is 8.52. The van der Waals surface area contributed by atoms with Crippen molar-refractivity contribution in [3.8, 4) is 5.75 Å². The Hall–Kier alpha value is -2.87. The second kappa shape index (κ2) is 6.14. The average Bonchev–Trinajstić information content (AvgIpc) is 2.60. The fourth-order valence-corrected chi connectivity index (χ4v) is 3.82. The molecule has 0 atom stereocenters. The van der Waals surface area contributed by atoms with Crippen molar-refractivity contribution in [3.63, 3.8) is 0 Å². The molecule has 2 aromatic carbocycles. The van der Waals surface area contributed by atoms with Crippen LogP contribution in [0.25, 0.3) is 21.9 Å². The standard InChI is InChI=1S/C18H16O7S/c1-9(2)26(22,23)15-8-11(24-3)7-13-16(19)12-6-10(18(20)21)4-5-14(12)25-17(13)15/h4-9H,1-3H3,(H,20,21). The fourth-order valence-electron chi connectivity index (χ4n) is 2.62. The molecule has 0 saturated heterocycles. The van der Waals surface area contributed by atoms with Crippen molar-refractivity contribution in [2.45, 2.75) is 24.0 Å². The van der Waals surface area contributed by atoms with E-state index in [0.717, 1.165) is 0 Å². The lowest BCUT2D eigenvalue weighted by Gasteiger charge is -2.12. The lowest BCUT2D eigenvalue weighted by atomic mass is 10.1. The molecule has 0 spiro atoms. The van der Waals surface area contributed by atoms with Gasteiger partial charge in [0.15, 0.2) is 15.4 Å². The van der Waals surface area contributed by atoms with Crippen LogP contribution in [0.3, 0.4) is 0 Å². The van der Waals surface area contributed by atoms with Gasteiger partial charge in [0.1, 0.15) is 16.2 Å². The third-order valence-electron chi connectivity index (χ3n) is 4.12. The minimum atomic E-state index is -3.75. The highest BCUT2D eigenvalue weighted by atomic mass is 32.2. The highest BCUT2D eigenvalue weighted by molar-refractivity contribution is 7.92. The van der Waals surface area contributed by atoms with Crippen molar-refractivity contribution in [2.24, 2.45) is 0 Å². The summed E-state index contributed by atoms with van der Waals surface area (Å²) in [5.74, 6) is -0.988. The molecule has 0 aliphatic heterocycles. The molecule has 0 aliphatic carbocycles. The van der Waals surface area contributed by atoms with Crippen molar-refractivity contribution in [1.82, 2.24) is 0 Å². The molecule has 0 amide bonds. The van der Waals surface area contributed by atoms with Crippen LogP contribution in [0.5, 0.6) is 5.75 Å². The van der Waals surface area contributed by atoms with Gasteiger partial charge < -0.3 is 14.3 Å². The number of ether oxygens (including phenoxy) is 1. The molecule has 0 fully saturated rings. The second-order valence-electron chi connectivity index (χ2n) is 6.04. The van der Waals surface area contributed by atoms with Crippen molar-refractivity contribution >= 4 is 37.7 Å². The van der Waals surface area contributed by atoms with Gasteiger partial charge in [0.25, 0.3) is 0 Å². The third-order valence-corrected chi connectivity index (χ3v) is 6.28. The first kappa shape index (κ1) is 17.9. The van der Waals surface area contributed by atoms with Gasteiger partial charge in [-0.15, -0.1) is 0 Å². The van der Waals surface area contributed by atoms with Crippen LogP contribution in [-0.4, -0.2) is 31.9 Å². The Morgan fingerprint density at radius 2 is 1.85 bits per heavy atom. The van der Waals surface area contributed by atoms with Crippen LogP contribution >= 0.6 is 0 Å². The first-order valence-electron chi connectivity index (χ1n) is 7.72. The number of carboxylic acid groups (broad SMARTS) is 1. The molecule has 0 bridgehead atoms. The van der Waals surface area contributed by atoms with Crippen molar-refractivity contribution in [3.05, 3.63) is 46.1 Å². The molecule has 3 aromatic rings. The minimum Gasteiger partial charge on any atom is -0.497 e. The van der Waals surface area contributed by atoms with Crippen molar-refractivity contribution < 1.29 is 27.5 Å². The first-order valence-corrected chi connectivity index (χ1v) is 9.27. The van der Waals surface area contributed by atoms with E-state index in [1.54, 1.807) is 0 Å². The molecule has 0 radical (unpaired) electrons. The summed E-state index contributed by atoms with van der Waals surface area (Å²) in [4.78, 5) is 23.9. The molecule has 136 valence electrons. The monoisotopic (exact) mass is 376 g/mol. The topological polar surface area (TPSA) is 111 Å². The number of hydrogen-bond donors (Lipinski definition) is 1. The van der Waals surface area contributed by atoms with Gasteiger partial charge in [0.2, 0.25) is 5.43 Å². The van der Waals surface area contributed by atoms with Crippen LogP contribution < -0.4 is 10.2 Å². The van der Waals surface area contributed by atoms with Gasteiger partial charge in [0.05, 0.1) is 28.7 Å². The normalized spacial score (nSPS) is 12.0. The number of aromatic carboxylic acids is 1. The number of methoxy groups -OCH3 is 1. The zero-order chi connectivity index (χ0) is 19.2.